The minimum atomic E-state index is -3.84. The van der Waals surface area contributed by atoms with Crippen LogP contribution in [0.15, 0.2) is 58.3 Å². The molecule has 2 N–H and O–H groups in total. The van der Waals surface area contributed by atoms with Crippen LogP contribution < -0.4 is 10.0 Å². The van der Waals surface area contributed by atoms with Gasteiger partial charge in [0, 0.05) is 19.1 Å². The molecule has 0 bridgehead atoms. The molecule has 1 amide bonds. The summed E-state index contributed by atoms with van der Waals surface area (Å²) < 4.78 is 55.3. The average Bonchev–Trinajstić information content (AvgIpc) is 2.81. The molecule has 10 heteroatoms. The van der Waals surface area contributed by atoms with E-state index in [1.807, 2.05) is 13.8 Å². The zero-order valence-corrected chi connectivity index (χ0v) is 21.3. The maximum Gasteiger partial charge on any atom is 0.243 e. The van der Waals surface area contributed by atoms with Gasteiger partial charge in [0.25, 0.3) is 0 Å². The monoisotopic (exact) mass is 507 g/mol. The molecule has 34 heavy (non-hydrogen) atoms. The van der Waals surface area contributed by atoms with Crippen molar-refractivity contribution in [3.63, 3.8) is 0 Å². The standard InChI is InChI=1S/C24H33N3O5S2/c1-19-8-12-22(13-9-19)33(29,30)26-17-16-25-24(28)18-27(21-6-4-3-5-7-21)34(31,32)23-14-10-20(2)11-15-23/h8-15,21,26H,3-7,16-18H2,1-2H3,(H,25,28). The lowest BCUT2D eigenvalue weighted by Crippen LogP contribution is -2.47. The quantitative estimate of drug-likeness (QED) is 0.480. The van der Waals surface area contributed by atoms with Gasteiger partial charge in [0.15, 0.2) is 0 Å². The lowest BCUT2D eigenvalue weighted by molar-refractivity contribution is -0.121. The highest BCUT2D eigenvalue weighted by molar-refractivity contribution is 7.89. The van der Waals surface area contributed by atoms with Gasteiger partial charge in [-0.2, -0.15) is 4.31 Å². The van der Waals surface area contributed by atoms with Gasteiger partial charge in [-0.15, -0.1) is 0 Å². The Morgan fingerprint density at radius 2 is 1.35 bits per heavy atom. The highest BCUT2D eigenvalue weighted by atomic mass is 32.2. The number of sulfonamides is 2. The summed E-state index contributed by atoms with van der Waals surface area (Å²) >= 11 is 0. The fourth-order valence-corrected chi connectivity index (χ4v) is 6.68. The van der Waals surface area contributed by atoms with E-state index in [0.29, 0.717) is 12.8 Å². The number of aryl methyl sites for hydroxylation is 2. The number of hydrogen-bond donors (Lipinski definition) is 2. The van der Waals surface area contributed by atoms with E-state index in [-0.39, 0.29) is 35.5 Å². The number of nitrogens with one attached hydrogen (secondary N) is 2. The normalized spacial score (nSPS) is 15.4. The molecule has 1 aliphatic carbocycles. The van der Waals surface area contributed by atoms with Crippen LogP contribution in [0.1, 0.15) is 43.2 Å². The van der Waals surface area contributed by atoms with E-state index in [4.69, 9.17) is 0 Å². The van der Waals surface area contributed by atoms with E-state index in [9.17, 15) is 21.6 Å². The molecule has 0 heterocycles. The third-order valence-electron chi connectivity index (χ3n) is 5.98. The number of carbonyl (C=O) groups excluding carboxylic acids is 1. The Bertz CT molecular complexity index is 1170. The van der Waals surface area contributed by atoms with E-state index in [0.717, 1.165) is 30.4 Å². The van der Waals surface area contributed by atoms with Crippen LogP contribution in [0.5, 0.6) is 0 Å². The SMILES string of the molecule is Cc1ccc(S(=O)(=O)NCCNC(=O)CN(C2CCCCC2)S(=O)(=O)c2ccc(C)cc2)cc1. The Balaban J connectivity index is 1.61. The first-order chi connectivity index (χ1) is 16.1. The lowest BCUT2D eigenvalue weighted by Gasteiger charge is -2.33. The highest BCUT2D eigenvalue weighted by Gasteiger charge is 2.33. The van der Waals surface area contributed by atoms with Gasteiger partial charge >= 0.3 is 0 Å². The molecule has 0 aliphatic heterocycles. The minimum Gasteiger partial charge on any atom is -0.354 e. The average molecular weight is 508 g/mol. The number of carbonyl (C=O) groups is 1. The Morgan fingerprint density at radius 1 is 0.824 bits per heavy atom. The van der Waals surface area contributed by atoms with Gasteiger partial charge in [0.1, 0.15) is 0 Å². The molecule has 2 aromatic rings. The number of amides is 1. The van der Waals surface area contributed by atoms with E-state index < -0.39 is 26.0 Å². The third kappa shape index (κ3) is 6.88. The summed E-state index contributed by atoms with van der Waals surface area (Å²) in [6.07, 6.45) is 4.34. The predicted molar refractivity (Wildman–Crippen MR) is 131 cm³/mol. The first kappa shape index (κ1) is 26.3. The first-order valence-electron chi connectivity index (χ1n) is 11.5. The molecule has 0 unspecified atom stereocenters. The first-order valence-corrected chi connectivity index (χ1v) is 14.4. The highest BCUT2D eigenvalue weighted by Crippen LogP contribution is 2.27. The van der Waals surface area contributed by atoms with Gasteiger partial charge < -0.3 is 5.32 Å². The number of hydrogen-bond acceptors (Lipinski definition) is 5. The summed E-state index contributed by atoms with van der Waals surface area (Å²) in [6, 6.07) is 12.9. The van der Waals surface area contributed by atoms with Crippen LogP contribution in [0.3, 0.4) is 0 Å². The zero-order valence-electron chi connectivity index (χ0n) is 19.7. The molecular formula is C24H33N3O5S2. The molecule has 0 spiro atoms. The van der Waals surface area contributed by atoms with Crippen LogP contribution in [-0.4, -0.2) is 52.7 Å². The van der Waals surface area contributed by atoms with E-state index in [1.54, 1.807) is 36.4 Å². The molecule has 1 fully saturated rings. The minimum absolute atomic E-state index is 0.00388. The molecule has 2 aromatic carbocycles. The third-order valence-corrected chi connectivity index (χ3v) is 9.37. The Hall–Kier alpha value is -2.27. The number of benzene rings is 2. The van der Waals surface area contributed by atoms with Crippen molar-refractivity contribution >= 4 is 26.0 Å². The number of nitrogens with zero attached hydrogens (tertiary/aromatic N) is 1. The topological polar surface area (TPSA) is 113 Å². The van der Waals surface area contributed by atoms with Crippen molar-refractivity contribution in [2.75, 3.05) is 19.6 Å². The van der Waals surface area contributed by atoms with Gasteiger partial charge in [-0.3, -0.25) is 4.79 Å². The molecular weight excluding hydrogens is 474 g/mol. The maximum absolute atomic E-state index is 13.4. The summed E-state index contributed by atoms with van der Waals surface area (Å²) in [6.45, 7) is 3.50. The summed E-state index contributed by atoms with van der Waals surface area (Å²) in [5, 5.41) is 2.65. The van der Waals surface area contributed by atoms with Gasteiger partial charge in [0.05, 0.1) is 16.3 Å². The molecule has 1 aliphatic rings. The van der Waals surface area contributed by atoms with Crippen molar-refractivity contribution < 1.29 is 21.6 Å². The van der Waals surface area contributed by atoms with Crippen LogP contribution in [0.4, 0.5) is 0 Å². The Morgan fingerprint density at radius 3 is 1.91 bits per heavy atom. The summed E-state index contributed by atoms with van der Waals surface area (Å²) in [4.78, 5) is 13.0. The number of rotatable bonds is 10. The molecule has 0 atom stereocenters. The summed E-state index contributed by atoms with van der Waals surface area (Å²) in [7, 11) is -7.53. The smallest absolute Gasteiger partial charge is 0.243 e. The molecule has 0 aromatic heterocycles. The Labute approximate surface area is 202 Å². The maximum atomic E-state index is 13.4. The molecule has 0 saturated heterocycles. The fourth-order valence-electron chi connectivity index (χ4n) is 4.01. The van der Waals surface area contributed by atoms with Gasteiger partial charge in [0.2, 0.25) is 26.0 Å². The van der Waals surface area contributed by atoms with Crippen LogP contribution in [0, 0.1) is 13.8 Å². The van der Waals surface area contributed by atoms with Crippen molar-refractivity contribution in [3.8, 4) is 0 Å². The van der Waals surface area contributed by atoms with Crippen LogP contribution in [-0.2, 0) is 24.8 Å². The second kappa shape index (κ2) is 11.4. The van der Waals surface area contributed by atoms with Gasteiger partial charge in [-0.25, -0.2) is 21.6 Å². The summed E-state index contributed by atoms with van der Waals surface area (Å²) in [5.74, 6) is -0.462. The van der Waals surface area contributed by atoms with Crippen molar-refractivity contribution in [2.45, 2.75) is 61.8 Å². The van der Waals surface area contributed by atoms with Crippen molar-refractivity contribution in [2.24, 2.45) is 0 Å². The van der Waals surface area contributed by atoms with Crippen LogP contribution in [0.2, 0.25) is 0 Å². The van der Waals surface area contributed by atoms with E-state index >= 15 is 0 Å². The van der Waals surface area contributed by atoms with E-state index in [2.05, 4.69) is 10.0 Å². The molecule has 8 nitrogen and oxygen atoms in total. The van der Waals surface area contributed by atoms with E-state index in [1.165, 1.54) is 16.4 Å². The molecule has 186 valence electrons. The van der Waals surface area contributed by atoms with Gasteiger partial charge in [-0.05, 0) is 51.0 Å². The van der Waals surface area contributed by atoms with Crippen molar-refractivity contribution in [3.05, 3.63) is 59.7 Å². The summed E-state index contributed by atoms with van der Waals surface area (Å²) in [5.41, 5.74) is 1.91. The van der Waals surface area contributed by atoms with Crippen molar-refractivity contribution in [1.82, 2.24) is 14.3 Å². The zero-order chi connectivity index (χ0) is 24.8. The Kier molecular flexibility index (Phi) is 8.86. The van der Waals surface area contributed by atoms with Crippen LogP contribution >= 0.6 is 0 Å². The van der Waals surface area contributed by atoms with Crippen molar-refractivity contribution in [1.29, 1.82) is 0 Å². The predicted octanol–water partition coefficient (Wildman–Crippen LogP) is 2.72. The van der Waals surface area contributed by atoms with Crippen LogP contribution in [0.25, 0.3) is 0 Å². The molecule has 3 rings (SSSR count). The lowest BCUT2D eigenvalue weighted by atomic mass is 9.95. The largest absolute Gasteiger partial charge is 0.354 e. The second-order valence-electron chi connectivity index (χ2n) is 8.72. The van der Waals surface area contributed by atoms with Gasteiger partial charge in [-0.1, -0.05) is 54.7 Å². The fraction of sp³-hybridized carbons (Fsp3) is 0.458. The second-order valence-corrected chi connectivity index (χ2v) is 12.4. The molecule has 0 radical (unpaired) electrons. The molecule has 1 saturated carbocycles.